The van der Waals surface area contributed by atoms with Crippen LogP contribution in [0.2, 0.25) is 0 Å². The molecule has 6 heteroatoms. The molecule has 0 aromatic heterocycles. The second-order valence-electron chi connectivity index (χ2n) is 5.84. The molecule has 3 atom stereocenters. The van der Waals surface area contributed by atoms with Gasteiger partial charge in [-0.2, -0.15) is 5.26 Å². The second kappa shape index (κ2) is 5.93. The highest BCUT2D eigenvalue weighted by atomic mass is 32.2. The Morgan fingerprint density at radius 2 is 1.79 bits per heavy atom. The number of hydrogen-bond donors (Lipinski definition) is 1. The number of nitrogens with zero attached hydrogens (tertiary/aromatic N) is 1. The zero-order chi connectivity index (χ0) is 17.4. The van der Waals surface area contributed by atoms with Gasteiger partial charge in [-0.25, -0.2) is 8.42 Å². The number of sulfone groups is 1. The number of methoxy groups -OCH3 is 1. The van der Waals surface area contributed by atoms with Gasteiger partial charge in [0.15, 0.2) is 9.84 Å². The number of hydrogen-bond acceptors (Lipinski definition) is 5. The molecule has 1 aliphatic carbocycles. The zero-order valence-corrected chi connectivity index (χ0v) is 13.9. The molecule has 1 aliphatic rings. The minimum absolute atomic E-state index is 0.166. The van der Waals surface area contributed by atoms with E-state index < -0.39 is 33.0 Å². The molecule has 5 nitrogen and oxygen atoms in total. The van der Waals surface area contributed by atoms with E-state index in [9.17, 15) is 18.8 Å². The van der Waals surface area contributed by atoms with Crippen molar-refractivity contribution in [3.8, 4) is 11.8 Å². The predicted molar refractivity (Wildman–Crippen MR) is 88.3 cm³/mol. The smallest absolute Gasteiger partial charge is 0.183 e. The Labute approximate surface area is 141 Å². The van der Waals surface area contributed by atoms with Crippen molar-refractivity contribution in [3.63, 3.8) is 0 Å². The first-order valence-electron chi connectivity index (χ1n) is 7.46. The SMILES string of the molecule is COc1ccc([C@@H]2[C@@H](S(=O)(=O)c3ccccc3)[C@@]2(C#N)CO)cc1. The maximum absolute atomic E-state index is 12.9. The largest absolute Gasteiger partial charge is 0.497 e. The molecule has 1 saturated carbocycles. The molecule has 1 N–H and O–H groups in total. The molecule has 24 heavy (non-hydrogen) atoms. The molecule has 0 bridgehead atoms. The fraction of sp³-hybridized carbons (Fsp3) is 0.278. The molecule has 0 unspecified atom stereocenters. The van der Waals surface area contributed by atoms with Crippen LogP contribution in [-0.4, -0.2) is 32.5 Å². The van der Waals surface area contributed by atoms with Crippen molar-refractivity contribution in [2.24, 2.45) is 5.41 Å². The first-order chi connectivity index (χ1) is 11.5. The van der Waals surface area contributed by atoms with Gasteiger partial charge in [-0.1, -0.05) is 30.3 Å². The normalized spacial score (nSPS) is 25.7. The van der Waals surface area contributed by atoms with Crippen LogP contribution < -0.4 is 4.74 Å². The van der Waals surface area contributed by atoms with Crippen LogP contribution in [0.15, 0.2) is 59.5 Å². The summed E-state index contributed by atoms with van der Waals surface area (Å²) in [6.45, 7) is -0.503. The molecule has 0 aliphatic heterocycles. The van der Waals surface area contributed by atoms with E-state index >= 15 is 0 Å². The lowest BCUT2D eigenvalue weighted by Gasteiger charge is -2.05. The van der Waals surface area contributed by atoms with E-state index in [4.69, 9.17) is 4.74 Å². The average Bonchev–Trinajstić information content (AvgIpc) is 3.33. The zero-order valence-electron chi connectivity index (χ0n) is 13.1. The molecule has 0 heterocycles. The van der Waals surface area contributed by atoms with Gasteiger partial charge < -0.3 is 9.84 Å². The molecule has 3 rings (SSSR count). The van der Waals surface area contributed by atoms with Crippen LogP contribution in [0.4, 0.5) is 0 Å². The third-order valence-electron chi connectivity index (χ3n) is 4.61. The number of ether oxygens (including phenoxy) is 1. The lowest BCUT2D eigenvalue weighted by molar-refractivity contribution is 0.242. The summed E-state index contributed by atoms with van der Waals surface area (Å²) in [6, 6.07) is 17.0. The Hall–Kier alpha value is -2.36. The van der Waals surface area contributed by atoms with Crippen molar-refractivity contribution in [3.05, 3.63) is 60.2 Å². The third-order valence-corrected chi connectivity index (χ3v) is 6.90. The minimum atomic E-state index is -3.72. The Bertz CT molecular complexity index is 871. The topological polar surface area (TPSA) is 87.4 Å². The molecule has 0 amide bonds. The fourth-order valence-electron chi connectivity index (χ4n) is 3.26. The summed E-state index contributed by atoms with van der Waals surface area (Å²) in [5.41, 5.74) is -0.612. The highest BCUT2D eigenvalue weighted by Crippen LogP contribution is 2.63. The van der Waals surface area contributed by atoms with E-state index in [2.05, 4.69) is 0 Å². The van der Waals surface area contributed by atoms with E-state index in [0.717, 1.165) is 0 Å². The minimum Gasteiger partial charge on any atom is -0.497 e. The average molecular weight is 343 g/mol. The van der Waals surface area contributed by atoms with E-state index in [1.54, 1.807) is 49.6 Å². The molecule has 124 valence electrons. The van der Waals surface area contributed by atoms with Crippen molar-refractivity contribution >= 4 is 9.84 Å². The number of nitriles is 1. The number of benzene rings is 2. The van der Waals surface area contributed by atoms with Crippen LogP contribution in [0.5, 0.6) is 5.75 Å². The van der Waals surface area contributed by atoms with Gasteiger partial charge in [-0.3, -0.25) is 0 Å². The second-order valence-corrected chi connectivity index (χ2v) is 7.91. The molecule has 0 saturated heterocycles. The molecular weight excluding hydrogens is 326 g/mol. The van der Waals surface area contributed by atoms with Gasteiger partial charge in [-0.15, -0.1) is 0 Å². The standard InChI is InChI=1S/C18H17NO4S/c1-23-14-9-7-13(8-10-14)16-17(18(16,11-19)12-20)24(21,22)15-5-3-2-4-6-15/h2-10,16-17,20H,12H2,1H3/t16-,17-,18+/m1/s1. The van der Waals surface area contributed by atoms with Gasteiger partial charge in [0.05, 0.1) is 29.9 Å². The quantitative estimate of drug-likeness (QED) is 0.899. The number of aliphatic hydroxyl groups excluding tert-OH is 1. The Morgan fingerprint density at radius 3 is 2.29 bits per heavy atom. The predicted octanol–water partition coefficient (Wildman–Crippen LogP) is 2.14. The molecule has 0 radical (unpaired) electrons. The van der Waals surface area contributed by atoms with Crippen LogP contribution in [0.1, 0.15) is 11.5 Å². The Balaban J connectivity index is 2.04. The van der Waals surface area contributed by atoms with Gasteiger partial charge in [0, 0.05) is 5.92 Å². The summed E-state index contributed by atoms with van der Waals surface area (Å²) in [4.78, 5) is 0.166. The first-order valence-corrected chi connectivity index (χ1v) is 9.01. The van der Waals surface area contributed by atoms with E-state index in [1.165, 1.54) is 12.1 Å². The van der Waals surface area contributed by atoms with Crippen molar-refractivity contribution in [2.45, 2.75) is 16.1 Å². The van der Waals surface area contributed by atoms with Gasteiger partial charge >= 0.3 is 0 Å². The number of rotatable bonds is 5. The third kappa shape index (κ3) is 2.37. The summed E-state index contributed by atoms with van der Waals surface area (Å²) >= 11 is 0. The van der Waals surface area contributed by atoms with Gasteiger partial charge in [0.2, 0.25) is 0 Å². The Kier molecular flexibility index (Phi) is 4.08. The van der Waals surface area contributed by atoms with Crippen molar-refractivity contribution in [2.75, 3.05) is 13.7 Å². The molecule has 1 fully saturated rings. The van der Waals surface area contributed by atoms with Crippen molar-refractivity contribution < 1.29 is 18.3 Å². The van der Waals surface area contributed by atoms with Crippen LogP contribution in [-0.2, 0) is 9.84 Å². The summed E-state index contributed by atoms with van der Waals surface area (Å²) in [5.74, 6) is 0.0806. The van der Waals surface area contributed by atoms with Gasteiger partial charge in [-0.05, 0) is 29.8 Å². The summed E-state index contributed by atoms with van der Waals surface area (Å²) < 4.78 is 31.0. The highest BCUT2D eigenvalue weighted by molar-refractivity contribution is 7.92. The van der Waals surface area contributed by atoms with Crippen LogP contribution >= 0.6 is 0 Å². The Morgan fingerprint density at radius 1 is 1.17 bits per heavy atom. The van der Waals surface area contributed by atoms with Crippen molar-refractivity contribution in [1.82, 2.24) is 0 Å². The first kappa shape index (κ1) is 16.5. The van der Waals surface area contributed by atoms with Crippen LogP contribution in [0.25, 0.3) is 0 Å². The molecule has 0 spiro atoms. The van der Waals surface area contributed by atoms with E-state index in [0.29, 0.717) is 11.3 Å². The summed E-state index contributed by atoms with van der Waals surface area (Å²) in [6.07, 6.45) is 0. The summed E-state index contributed by atoms with van der Waals surface area (Å²) in [7, 11) is -2.18. The van der Waals surface area contributed by atoms with Crippen LogP contribution in [0, 0.1) is 16.7 Å². The number of aliphatic hydroxyl groups is 1. The lowest BCUT2D eigenvalue weighted by atomic mass is 10.0. The maximum atomic E-state index is 12.9. The lowest BCUT2D eigenvalue weighted by Crippen LogP contribution is -2.18. The molecule has 2 aromatic rings. The fourth-order valence-corrected chi connectivity index (χ4v) is 5.59. The summed E-state index contributed by atoms with van der Waals surface area (Å²) in [5, 5.41) is 18.4. The van der Waals surface area contributed by atoms with Crippen molar-refractivity contribution in [1.29, 1.82) is 5.26 Å². The molecular formula is C18H17NO4S. The molecule has 2 aromatic carbocycles. The van der Waals surface area contributed by atoms with Crippen LogP contribution in [0.3, 0.4) is 0 Å². The highest BCUT2D eigenvalue weighted by Gasteiger charge is 2.72. The maximum Gasteiger partial charge on any atom is 0.183 e. The van der Waals surface area contributed by atoms with E-state index in [-0.39, 0.29) is 4.90 Å². The monoisotopic (exact) mass is 343 g/mol. The van der Waals surface area contributed by atoms with Gasteiger partial charge in [0.1, 0.15) is 11.2 Å². The van der Waals surface area contributed by atoms with Gasteiger partial charge in [0.25, 0.3) is 0 Å². The van der Waals surface area contributed by atoms with E-state index in [1.807, 2.05) is 6.07 Å².